The monoisotopic (exact) mass is 378 g/mol. The number of benzene rings is 1. The molecule has 2 rings (SSSR count). The topological polar surface area (TPSA) is 92.9 Å². The zero-order chi connectivity index (χ0) is 15.8. The summed E-state index contributed by atoms with van der Waals surface area (Å²) in [5.41, 5.74) is 6.80. The lowest BCUT2D eigenvalue weighted by atomic mass is 10.2. The first kappa shape index (κ1) is 16.7. The van der Waals surface area contributed by atoms with E-state index in [-0.39, 0.29) is 30.7 Å². The fourth-order valence-electron chi connectivity index (χ4n) is 2.31. The minimum Gasteiger partial charge on any atom is -0.398 e. The molecule has 3 N–H and O–H groups in total. The highest BCUT2D eigenvalue weighted by molar-refractivity contribution is 9.10. The van der Waals surface area contributed by atoms with Crippen LogP contribution in [0.25, 0.3) is 0 Å². The molecule has 0 aliphatic carbocycles. The van der Waals surface area contributed by atoms with Crippen LogP contribution in [0.3, 0.4) is 0 Å². The minimum atomic E-state index is -3.70. The van der Waals surface area contributed by atoms with Gasteiger partial charge in [0, 0.05) is 22.7 Å². The number of ether oxygens (including phenoxy) is 1. The first-order valence-corrected chi connectivity index (χ1v) is 8.80. The quantitative estimate of drug-likeness (QED) is 0.768. The molecule has 21 heavy (non-hydrogen) atoms. The van der Waals surface area contributed by atoms with Gasteiger partial charge in [-0.25, -0.2) is 8.42 Å². The summed E-state index contributed by atoms with van der Waals surface area (Å²) in [5, 5.41) is 9.20. The maximum Gasteiger partial charge on any atom is 0.243 e. The van der Waals surface area contributed by atoms with Crippen molar-refractivity contribution in [3.8, 4) is 0 Å². The van der Waals surface area contributed by atoms with Gasteiger partial charge < -0.3 is 15.6 Å². The van der Waals surface area contributed by atoms with Crippen molar-refractivity contribution in [2.24, 2.45) is 0 Å². The summed E-state index contributed by atoms with van der Waals surface area (Å²) >= 11 is 3.28. The molecule has 8 heteroatoms. The summed E-state index contributed by atoms with van der Waals surface area (Å²) in [7, 11) is -3.70. The van der Waals surface area contributed by atoms with Gasteiger partial charge in [0.1, 0.15) is 0 Å². The van der Waals surface area contributed by atoms with Gasteiger partial charge in [-0.1, -0.05) is 15.9 Å². The van der Waals surface area contributed by atoms with E-state index < -0.39 is 16.1 Å². The number of morpholine rings is 1. The molecule has 0 amide bonds. The second kappa shape index (κ2) is 6.21. The molecule has 1 saturated heterocycles. The van der Waals surface area contributed by atoms with Crippen LogP contribution in [-0.2, 0) is 14.8 Å². The molecular formula is C13H19BrN2O4S. The third-order valence-electron chi connectivity index (χ3n) is 3.60. The van der Waals surface area contributed by atoms with Gasteiger partial charge in [0.15, 0.2) is 0 Å². The number of aliphatic hydroxyl groups is 1. The van der Waals surface area contributed by atoms with Crippen LogP contribution >= 0.6 is 15.9 Å². The van der Waals surface area contributed by atoms with Crippen molar-refractivity contribution >= 4 is 31.6 Å². The number of nitrogen functional groups attached to an aromatic ring is 1. The standard InChI is InChI=1S/C13H19BrN2O4S/c1-8-7-20-11(6-17)5-16(8)21(18,19)13-4-10(14)3-12(15)9(13)2/h3-4,8,11,17H,5-7,15H2,1-2H3. The predicted molar refractivity (Wildman–Crippen MR) is 83.5 cm³/mol. The van der Waals surface area contributed by atoms with Crippen molar-refractivity contribution in [2.75, 3.05) is 25.5 Å². The van der Waals surface area contributed by atoms with Gasteiger partial charge in [-0.3, -0.25) is 0 Å². The third kappa shape index (κ3) is 3.24. The minimum absolute atomic E-state index is 0.131. The van der Waals surface area contributed by atoms with Crippen LogP contribution in [0.15, 0.2) is 21.5 Å². The van der Waals surface area contributed by atoms with E-state index >= 15 is 0 Å². The highest BCUT2D eigenvalue weighted by atomic mass is 79.9. The number of nitrogens with zero attached hydrogens (tertiary/aromatic N) is 1. The van der Waals surface area contributed by atoms with Crippen LogP contribution in [0.2, 0.25) is 0 Å². The smallest absolute Gasteiger partial charge is 0.243 e. The molecule has 0 aromatic heterocycles. The number of hydrogen-bond acceptors (Lipinski definition) is 5. The van der Waals surface area contributed by atoms with Crippen LogP contribution in [0, 0.1) is 6.92 Å². The normalized spacial score (nSPS) is 24.2. The van der Waals surface area contributed by atoms with E-state index in [4.69, 9.17) is 10.5 Å². The molecule has 1 heterocycles. The fourth-order valence-corrected chi connectivity index (χ4v) is 4.86. The lowest BCUT2D eigenvalue weighted by molar-refractivity contribution is -0.0516. The largest absolute Gasteiger partial charge is 0.398 e. The second-order valence-electron chi connectivity index (χ2n) is 5.18. The van der Waals surface area contributed by atoms with Crippen LogP contribution < -0.4 is 5.73 Å². The first-order chi connectivity index (χ1) is 9.77. The van der Waals surface area contributed by atoms with Gasteiger partial charge in [-0.05, 0) is 31.5 Å². The predicted octanol–water partition coefficient (Wildman–Crippen LogP) is 1.11. The van der Waals surface area contributed by atoms with Crippen LogP contribution in [0.4, 0.5) is 5.69 Å². The van der Waals surface area contributed by atoms with Crippen LogP contribution in [0.1, 0.15) is 12.5 Å². The SMILES string of the molecule is Cc1c(N)cc(Br)cc1S(=O)(=O)N1CC(CO)OCC1C. The summed E-state index contributed by atoms with van der Waals surface area (Å²) < 4.78 is 33.2. The third-order valence-corrected chi connectivity index (χ3v) is 6.17. The van der Waals surface area contributed by atoms with E-state index in [1.165, 1.54) is 4.31 Å². The maximum absolute atomic E-state index is 12.9. The van der Waals surface area contributed by atoms with Crippen molar-refractivity contribution in [2.45, 2.75) is 30.9 Å². The maximum atomic E-state index is 12.9. The highest BCUT2D eigenvalue weighted by Gasteiger charge is 2.36. The number of nitrogens with two attached hydrogens (primary N) is 1. The first-order valence-electron chi connectivity index (χ1n) is 6.57. The van der Waals surface area contributed by atoms with E-state index in [1.54, 1.807) is 26.0 Å². The van der Waals surface area contributed by atoms with Gasteiger partial charge in [-0.2, -0.15) is 4.31 Å². The molecule has 1 fully saturated rings. The van der Waals surface area contributed by atoms with Gasteiger partial charge in [-0.15, -0.1) is 0 Å². The van der Waals surface area contributed by atoms with Crippen molar-refractivity contribution in [3.63, 3.8) is 0 Å². The number of aliphatic hydroxyl groups excluding tert-OH is 1. The average Bonchev–Trinajstić information content (AvgIpc) is 2.43. The van der Waals surface area contributed by atoms with Gasteiger partial charge in [0.05, 0.1) is 24.2 Å². The molecule has 1 aliphatic heterocycles. The van der Waals surface area contributed by atoms with Gasteiger partial charge >= 0.3 is 0 Å². The Hall–Kier alpha value is -0.670. The Morgan fingerprint density at radius 2 is 2.19 bits per heavy atom. The Morgan fingerprint density at radius 1 is 1.52 bits per heavy atom. The van der Waals surface area contributed by atoms with Gasteiger partial charge in [0.25, 0.3) is 0 Å². The lowest BCUT2D eigenvalue weighted by Gasteiger charge is -2.36. The number of sulfonamides is 1. The summed E-state index contributed by atoms with van der Waals surface area (Å²) in [6.07, 6.45) is -0.499. The summed E-state index contributed by atoms with van der Waals surface area (Å²) in [5.74, 6) is 0. The van der Waals surface area contributed by atoms with Crippen LogP contribution in [0.5, 0.6) is 0 Å². The Morgan fingerprint density at radius 3 is 2.81 bits per heavy atom. The zero-order valence-corrected chi connectivity index (χ0v) is 14.3. The van der Waals surface area contributed by atoms with Crippen molar-refractivity contribution in [3.05, 3.63) is 22.2 Å². The lowest BCUT2D eigenvalue weighted by Crippen LogP contribution is -2.51. The molecule has 2 unspecified atom stereocenters. The fraction of sp³-hybridized carbons (Fsp3) is 0.538. The zero-order valence-electron chi connectivity index (χ0n) is 11.9. The Kier molecular flexibility index (Phi) is 4.94. The number of anilines is 1. The molecule has 1 aromatic rings. The van der Waals surface area contributed by atoms with E-state index in [0.717, 1.165) is 0 Å². The summed E-state index contributed by atoms with van der Waals surface area (Å²) in [6, 6.07) is 2.93. The number of rotatable bonds is 3. The van der Waals surface area contributed by atoms with Crippen molar-refractivity contribution < 1.29 is 18.3 Å². The average molecular weight is 379 g/mol. The molecule has 0 radical (unpaired) electrons. The van der Waals surface area contributed by atoms with E-state index in [0.29, 0.717) is 15.7 Å². The highest BCUT2D eigenvalue weighted by Crippen LogP contribution is 2.30. The number of hydrogen-bond donors (Lipinski definition) is 2. The molecule has 2 atom stereocenters. The Balaban J connectivity index is 2.46. The van der Waals surface area contributed by atoms with E-state index in [2.05, 4.69) is 15.9 Å². The van der Waals surface area contributed by atoms with E-state index in [9.17, 15) is 13.5 Å². The Labute approximate surface area is 133 Å². The molecule has 0 saturated carbocycles. The second-order valence-corrected chi connectivity index (χ2v) is 7.95. The molecule has 0 spiro atoms. The van der Waals surface area contributed by atoms with Crippen molar-refractivity contribution in [1.29, 1.82) is 0 Å². The molecule has 1 aromatic carbocycles. The molecular weight excluding hydrogens is 360 g/mol. The van der Waals surface area contributed by atoms with Gasteiger partial charge in [0.2, 0.25) is 10.0 Å². The summed E-state index contributed by atoms with van der Waals surface area (Å²) in [6.45, 7) is 3.64. The molecule has 6 nitrogen and oxygen atoms in total. The molecule has 1 aliphatic rings. The summed E-state index contributed by atoms with van der Waals surface area (Å²) in [4.78, 5) is 0.180. The molecule has 0 bridgehead atoms. The van der Waals surface area contributed by atoms with Crippen molar-refractivity contribution in [1.82, 2.24) is 4.31 Å². The molecule has 118 valence electrons. The van der Waals surface area contributed by atoms with E-state index in [1.807, 2.05) is 0 Å². The van der Waals surface area contributed by atoms with Crippen LogP contribution in [-0.4, -0.2) is 49.7 Å². The number of halogens is 1. The Bertz CT molecular complexity index is 635.